The maximum atomic E-state index is 11.9. The summed E-state index contributed by atoms with van der Waals surface area (Å²) in [5.74, 6) is -0.417. The maximum absolute atomic E-state index is 11.9. The van der Waals surface area contributed by atoms with E-state index in [-0.39, 0.29) is 35.4 Å². The molecule has 0 aliphatic carbocycles. The molecular weight excluding hydrogens is 288 g/mol. The van der Waals surface area contributed by atoms with Gasteiger partial charge in [0.1, 0.15) is 0 Å². The number of phenols is 2. The average molecular weight is 300 g/mol. The Morgan fingerprint density at radius 1 is 1.37 bits per heavy atom. The zero-order chi connectivity index (χ0) is 13.1. The van der Waals surface area contributed by atoms with Crippen molar-refractivity contribution in [2.75, 3.05) is 5.75 Å². The molecule has 0 saturated carbocycles. The van der Waals surface area contributed by atoms with Crippen LogP contribution in [0.3, 0.4) is 0 Å². The summed E-state index contributed by atoms with van der Waals surface area (Å²) in [5.41, 5.74) is 0.368. The molecule has 0 aliphatic rings. The van der Waals surface area contributed by atoms with Crippen LogP contribution in [0.4, 0.5) is 0 Å². The van der Waals surface area contributed by atoms with Gasteiger partial charge in [0.2, 0.25) is 0 Å². The first-order valence-electron chi connectivity index (χ1n) is 5.23. The number of phenolic OH excluding ortho intramolecular Hbond substituents is 2. The van der Waals surface area contributed by atoms with Gasteiger partial charge in [0.25, 0.3) is 0 Å². The van der Waals surface area contributed by atoms with Crippen molar-refractivity contribution in [3.05, 3.63) is 36.2 Å². The molecule has 0 fully saturated rings. The predicted octanol–water partition coefficient (Wildman–Crippen LogP) is -1.19. The van der Waals surface area contributed by atoms with Gasteiger partial charge >= 0.3 is 0 Å². The number of thioether (sulfide) groups is 1. The van der Waals surface area contributed by atoms with Crippen molar-refractivity contribution in [3.8, 4) is 11.5 Å². The van der Waals surface area contributed by atoms with Crippen LogP contribution in [0.15, 0.2) is 35.7 Å². The number of ketones is 1. The molecule has 0 bridgehead atoms. The molecule has 1 aromatic carbocycles. The number of aromatic nitrogens is 2. The maximum Gasteiger partial charge on any atom is 0.173 e. The van der Waals surface area contributed by atoms with Crippen molar-refractivity contribution in [2.45, 2.75) is 5.16 Å². The summed E-state index contributed by atoms with van der Waals surface area (Å²) in [6.07, 6.45) is 3.47. The number of Topliss-reactive ketones (excluding diaryl/α,β-unsaturated/α-hetero) is 1. The Kier molecular flexibility index (Phi) is 5.26. The fourth-order valence-electron chi connectivity index (χ4n) is 1.40. The molecule has 1 aromatic heterocycles. The Hall–Kier alpha value is -1.66. The summed E-state index contributed by atoms with van der Waals surface area (Å²) >= 11 is 1.32. The molecule has 2 N–H and O–H groups in total. The van der Waals surface area contributed by atoms with E-state index in [1.807, 2.05) is 11.6 Å². The second-order valence-electron chi connectivity index (χ2n) is 3.74. The first-order valence-corrected chi connectivity index (χ1v) is 6.22. The standard InChI is InChI=1S/C12H12N2O3S.ClH/c1-14-5-4-13-12(14)18-7-11(17)8-2-3-9(15)10(16)6-8;/h2-6,15-16H,7H2,1H3;1H/p-1. The minimum atomic E-state index is -0.289. The summed E-state index contributed by atoms with van der Waals surface area (Å²) < 4.78 is 1.83. The molecule has 0 spiro atoms. The van der Waals surface area contributed by atoms with E-state index >= 15 is 0 Å². The van der Waals surface area contributed by atoms with Gasteiger partial charge in [0, 0.05) is 25.0 Å². The first kappa shape index (κ1) is 15.4. The number of imidazole rings is 1. The number of nitrogens with zero attached hydrogens (tertiary/aromatic N) is 2. The summed E-state index contributed by atoms with van der Waals surface area (Å²) in [4.78, 5) is 16.0. The number of halogens is 1. The Bertz CT molecular complexity index is 586. The zero-order valence-corrected chi connectivity index (χ0v) is 11.6. The lowest BCUT2D eigenvalue weighted by atomic mass is 10.1. The highest BCUT2D eigenvalue weighted by Crippen LogP contribution is 2.26. The molecule has 2 rings (SSSR count). The van der Waals surface area contributed by atoms with Crippen LogP contribution in [-0.4, -0.2) is 31.3 Å². The molecule has 0 atom stereocenters. The Morgan fingerprint density at radius 3 is 2.68 bits per heavy atom. The van der Waals surface area contributed by atoms with Crippen LogP contribution in [-0.2, 0) is 7.05 Å². The lowest BCUT2D eigenvalue weighted by molar-refractivity contribution is -0.0000132. The predicted molar refractivity (Wildman–Crippen MR) is 68.0 cm³/mol. The van der Waals surface area contributed by atoms with E-state index < -0.39 is 0 Å². The van der Waals surface area contributed by atoms with Crippen molar-refractivity contribution in [1.29, 1.82) is 0 Å². The lowest BCUT2D eigenvalue weighted by Crippen LogP contribution is -3.00. The topological polar surface area (TPSA) is 75.4 Å². The molecule has 0 saturated heterocycles. The summed E-state index contributed by atoms with van der Waals surface area (Å²) in [6, 6.07) is 4.04. The summed E-state index contributed by atoms with van der Waals surface area (Å²) in [7, 11) is 1.85. The van der Waals surface area contributed by atoms with Gasteiger partial charge in [0.15, 0.2) is 22.4 Å². The van der Waals surface area contributed by atoms with Gasteiger partial charge in [-0.15, -0.1) is 0 Å². The van der Waals surface area contributed by atoms with Crippen LogP contribution in [0, 0.1) is 0 Å². The van der Waals surface area contributed by atoms with Crippen molar-refractivity contribution in [2.24, 2.45) is 7.05 Å². The molecule has 0 aliphatic heterocycles. The van der Waals surface area contributed by atoms with E-state index in [2.05, 4.69) is 4.98 Å². The van der Waals surface area contributed by atoms with Crippen LogP contribution in [0.5, 0.6) is 11.5 Å². The van der Waals surface area contributed by atoms with Crippen molar-refractivity contribution < 1.29 is 27.4 Å². The molecule has 5 nitrogen and oxygen atoms in total. The van der Waals surface area contributed by atoms with Crippen LogP contribution in [0.1, 0.15) is 10.4 Å². The summed E-state index contributed by atoms with van der Waals surface area (Å²) in [5, 5.41) is 19.2. The molecule has 102 valence electrons. The molecule has 1 heterocycles. The number of benzene rings is 1. The Morgan fingerprint density at radius 2 is 2.11 bits per heavy atom. The van der Waals surface area contributed by atoms with E-state index in [9.17, 15) is 9.90 Å². The molecule has 0 unspecified atom stereocenters. The van der Waals surface area contributed by atoms with Gasteiger partial charge in [-0.3, -0.25) is 4.79 Å². The van der Waals surface area contributed by atoms with Crippen LogP contribution in [0.2, 0.25) is 0 Å². The normalized spacial score (nSPS) is 9.95. The van der Waals surface area contributed by atoms with E-state index in [0.717, 1.165) is 5.16 Å². The molecule has 19 heavy (non-hydrogen) atoms. The van der Waals surface area contributed by atoms with E-state index in [0.29, 0.717) is 5.56 Å². The van der Waals surface area contributed by atoms with E-state index in [1.165, 1.54) is 30.0 Å². The minimum Gasteiger partial charge on any atom is -1.00 e. The number of carbonyl (C=O) groups excluding carboxylic acids is 1. The number of rotatable bonds is 4. The SMILES string of the molecule is Cn1ccnc1SCC(=O)c1ccc(O)c(O)c1.[Cl-]. The van der Waals surface area contributed by atoms with Gasteiger partial charge < -0.3 is 27.2 Å². The molecule has 7 heteroatoms. The van der Waals surface area contributed by atoms with E-state index in [4.69, 9.17) is 5.11 Å². The Labute approximate surface area is 120 Å². The fraction of sp³-hybridized carbons (Fsp3) is 0.167. The monoisotopic (exact) mass is 299 g/mol. The third kappa shape index (κ3) is 3.65. The molecule has 2 aromatic rings. The second kappa shape index (κ2) is 6.49. The third-order valence-corrected chi connectivity index (χ3v) is 3.46. The van der Waals surface area contributed by atoms with Gasteiger partial charge in [-0.25, -0.2) is 4.98 Å². The number of hydrogen-bond donors (Lipinski definition) is 2. The first-order chi connectivity index (χ1) is 8.58. The molecule has 0 radical (unpaired) electrons. The third-order valence-electron chi connectivity index (χ3n) is 2.41. The smallest absolute Gasteiger partial charge is 0.173 e. The highest BCUT2D eigenvalue weighted by Gasteiger charge is 2.10. The number of aromatic hydroxyl groups is 2. The second-order valence-corrected chi connectivity index (χ2v) is 4.68. The van der Waals surface area contributed by atoms with Crippen LogP contribution in [0.25, 0.3) is 0 Å². The van der Waals surface area contributed by atoms with Gasteiger partial charge in [-0.05, 0) is 18.2 Å². The number of carbonyl (C=O) groups is 1. The lowest BCUT2D eigenvalue weighted by Gasteiger charge is -2.03. The molecule has 0 amide bonds. The Balaban J connectivity index is 0.00000180. The highest BCUT2D eigenvalue weighted by molar-refractivity contribution is 7.99. The minimum absolute atomic E-state index is 0. The zero-order valence-electron chi connectivity index (χ0n) is 10.1. The number of aryl methyl sites for hydroxylation is 1. The van der Waals surface area contributed by atoms with Crippen molar-refractivity contribution in [3.63, 3.8) is 0 Å². The highest BCUT2D eigenvalue weighted by atomic mass is 35.5. The quantitative estimate of drug-likeness (QED) is 0.422. The van der Waals surface area contributed by atoms with E-state index in [1.54, 1.807) is 12.4 Å². The molecular formula is C12H12ClN2O3S-. The van der Waals surface area contributed by atoms with Crippen molar-refractivity contribution >= 4 is 17.5 Å². The fourth-order valence-corrected chi connectivity index (χ4v) is 2.23. The largest absolute Gasteiger partial charge is 1.00 e. The number of hydrogen-bond acceptors (Lipinski definition) is 5. The van der Waals surface area contributed by atoms with Crippen LogP contribution < -0.4 is 12.4 Å². The average Bonchev–Trinajstić information content (AvgIpc) is 2.75. The van der Waals surface area contributed by atoms with Crippen molar-refractivity contribution in [1.82, 2.24) is 9.55 Å². The van der Waals surface area contributed by atoms with Gasteiger partial charge in [0.05, 0.1) is 5.75 Å². The van der Waals surface area contributed by atoms with Gasteiger partial charge in [-0.2, -0.15) is 0 Å². The van der Waals surface area contributed by atoms with Gasteiger partial charge in [-0.1, -0.05) is 11.8 Å². The summed E-state index contributed by atoms with van der Waals surface area (Å²) in [6.45, 7) is 0. The van der Waals surface area contributed by atoms with Crippen LogP contribution >= 0.6 is 11.8 Å².